The molecule has 0 aliphatic heterocycles. The summed E-state index contributed by atoms with van der Waals surface area (Å²) >= 11 is 0. The van der Waals surface area contributed by atoms with Crippen LogP contribution in [0.2, 0.25) is 0 Å². The second-order valence-corrected chi connectivity index (χ2v) is 6.15. The lowest BCUT2D eigenvalue weighted by Crippen LogP contribution is -2.31. The summed E-state index contributed by atoms with van der Waals surface area (Å²) in [5, 5.41) is 11.7. The molecule has 0 fully saturated rings. The highest BCUT2D eigenvalue weighted by molar-refractivity contribution is 7.89. The van der Waals surface area contributed by atoms with E-state index in [4.69, 9.17) is 5.26 Å². The van der Waals surface area contributed by atoms with E-state index in [2.05, 4.69) is 10.3 Å². The first kappa shape index (κ1) is 16.4. The largest absolute Gasteiger partial charge is 0.370 e. The molecule has 0 saturated heterocycles. The Hall–Kier alpha value is -1.65. The average Bonchev–Trinajstić information content (AvgIpc) is 2.46. The monoisotopic (exact) mass is 296 g/mol. The summed E-state index contributed by atoms with van der Waals surface area (Å²) in [6.07, 6.45) is 2.59. The summed E-state index contributed by atoms with van der Waals surface area (Å²) in [5.74, 6) is 0.546. The van der Waals surface area contributed by atoms with Gasteiger partial charge < -0.3 is 5.32 Å². The minimum absolute atomic E-state index is 0.180. The average molecular weight is 296 g/mol. The van der Waals surface area contributed by atoms with E-state index in [9.17, 15) is 8.42 Å². The number of hydrogen-bond acceptors (Lipinski definition) is 5. The minimum atomic E-state index is -3.57. The van der Waals surface area contributed by atoms with Gasteiger partial charge in [0.1, 0.15) is 5.82 Å². The van der Waals surface area contributed by atoms with E-state index < -0.39 is 10.0 Å². The van der Waals surface area contributed by atoms with Gasteiger partial charge in [0.25, 0.3) is 0 Å². The normalized spacial score (nSPS) is 11.3. The molecule has 1 heterocycles. The van der Waals surface area contributed by atoms with Gasteiger partial charge in [-0.1, -0.05) is 13.8 Å². The van der Waals surface area contributed by atoms with Crippen molar-refractivity contribution in [1.29, 1.82) is 5.26 Å². The summed E-state index contributed by atoms with van der Waals surface area (Å²) in [7, 11) is -3.57. The second kappa shape index (κ2) is 7.82. The van der Waals surface area contributed by atoms with Gasteiger partial charge in [-0.15, -0.1) is 0 Å². The van der Waals surface area contributed by atoms with Crippen LogP contribution in [0.3, 0.4) is 0 Å². The van der Waals surface area contributed by atoms with E-state index in [0.29, 0.717) is 12.4 Å². The fraction of sp³-hybridized carbons (Fsp3) is 0.538. The van der Waals surface area contributed by atoms with Crippen molar-refractivity contribution in [2.75, 3.05) is 25.0 Å². The van der Waals surface area contributed by atoms with Crippen LogP contribution in [0.25, 0.3) is 0 Å². The van der Waals surface area contributed by atoms with E-state index >= 15 is 0 Å². The highest BCUT2D eigenvalue weighted by Crippen LogP contribution is 2.18. The van der Waals surface area contributed by atoms with E-state index in [1.807, 2.05) is 13.0 Å². The van der Waals surface area contributed by atoms with Gasteiger partial charge in [-0.3, -0.25) is 0 Å². The molecule has 20 heavy (non-hydrogen) atoms. The Morgan fingerprint density at radius 1 is 1.45 bits per heavy atom. The number of anilines is 1. The number of aromatic nitrogens is 1. The molecule has 0 aromatic carbocycles. The molecule has 1 aromatic heterocycles. The van der Waals surface area contributed by atoms with Crippen molar-refractivity contribution in [3.63, 3.8) is 0 Å². The number of hydrogen-bond donors (Lipinski definition) is 1. The molecule has 110 valence electrons. The maximum atomic E-state index is 12.5. The van der Waals surface area contributed by atoms with Crippen molar-refractivity contribution in [3.8, 4) is 6.07 Å². The maximum absolute atomic E-state index is 12.5. The lowest BCUT2D eigenvalue weighted by molar-refractivity contribution is 0.435. The molecule has 0 aliphatic carbocycles. The van der Waals surface area contributed by atoms with Crippen LogP contribution in [-0.2, 0) is 10.0 Å². The van der Waals surface area contributed by atoms with Gasteiger partial charge in [0.2, 0.25) is 10.0 Å². The molecule has 0 spiro atoms. The third-order valence-corrected chi connectivity index (χ3v) is 4.72. The third kappa shape index (κ3) is 4.18. The first-order valence-electron chi connectivity index (χ1n) is 6.63. The van der Waals surface area contributed by atoms with E-state index in [-0.39, 0.29) is 17.9 Å². The van der Waals surface area contributed by atoms with Gasteiger partial charge in [0, 0.05) is 38.3 Å². The minimum Gasteiger partial charge on any atom is -0.370 e. The van der Waals surface area contributed by atoms with Crippen LogP contribution in [0.15, 0.2) is 23.2 Å². The number of sulfonamides is 1. The first-order chi connectivity index (χ1) is 9.56. The molecule has 0 unspecified atom stereocenters. The topological polar surface area (TPSA) is 86.1 Å². The standard InChI is InChI=1S/C13H20N4O2S/c1-3-8-15-13-11-12(6-9-16-13)20(18,19)17(4-2)10-5-7-14/h6,9,11H,3-5,8,10H2,1-2H3,(H,15,16). The molecule has 0 aliphatic rings. The Bertz CT molecular complexity index is 566. The van der Waals surface area contributed by atoms with Crippen LogP contribution in [0.5, 0.6) is 0 Å². The van der Waals surface area contributed by atoms with Crippen LogP contribution >= 0.6 is 0 Å². The lowest BCUT2D eigenvalue weighted by Gasteiger charge is -2.19. The molecule has 1 rings (SSSR count). The molecule has 1 N–H and O–H groups in total. The van der Waals surface area contributed by atoms with Gasteiger partial charge in [-0.25, -0.2) is 13.4 Å². The van der Waals surface area contributed by atoms with Crippen LogP contribution in [0.1, 0.15) is 26.7 Å². The van der Waals surface area contributed by atoms with Crippen LogP contribution < -0.4 is 5.32 Å². The summed E-state index contributed by atoms with van der Waals surface area (Å²) < 4.78 is 26.2. The highest BCUT2D eigenvalue weighted by atomic mass is 32.2. The molecule has 1 aromatic rings. The predicted octanol–water partition coefficient (Wildman–Crippen LogP) is 1.83. The van der Waals surface area contributed by atoms with Crippen molar-refractivity contribution in [2.45, 2.75) is 31.6 Å². The zero-order chi connectivity index (χ0) is 15.0. The predicted molar refractivity (Wildman–Crippen MR) is 77.7 cm³/mol. The number of nitrogens with one attached hydrogen (secondary N) is 1. The molecule has 0 saturated carbocycles. The van der Waals surface area contributed by atoms with Crippen molar-refractivity contribution in [1.82, 2.24) is 9.29 Å². The smallest absolute Gasteiger partial charge is 0.243 e. The van der Waals surface area contributed by atoms with Gasteiger partial charge in [0.15, 0.2) is 0 Å². The fourth-order valence-electron chi connectivity index (χ4n) is 1.69. The molecule has 6 nitrogen and oxygen atoms in total. The molecule has 7 heteroatoms. The number of rotatable bonds is 8. The summed E-state index contributed by atoms with van der Waals surface area (Å²) in [6, 6.07) is 4.97. The Morgan fingerprint density at radius 3 is 2.80 bits per heavy atom. The van der Waals surface area contributed by atoms with Crippen LogP contribution in [-0.4, -0.2) is 37.3 Å². The maximum Gasteiger partial charge on any atom is 0.243 e. The number of nitriles is 1. The van der Waals surface area contributed by atoms with Crippen molar-refractivity contribution in [2.24, 2.45) is 0 Å². The van der Waals surface area contributed by atoms with Crippen LogP contribution in [0, 0.1) is 11.3 Å². The molecular formula is C13H20N4O2S. The lowest BCUT2D eigenvalue weighted by atomic mass is 10.4. The third-order valence-electron chi connectivity index (χ3n) is 2.75. The Balaban J connectivity index is 2.99. The summed E-state index contributed by atoms with van der Waals surface area (Å²) in [6.45, 7) is 5.06. The molecule has 0 amide bonds. The second-order valence-electron chi connectivity index (χ2n) is 4.21. The van der Waals surface area contributed by atoms with Gasteiger partial charge in [0.05, 0.1) is 11.0 Å². The summed E-state index contributed by atoms with van der Waals surface area (Å²) in [4.78, 5) is 4.29. The number of nitrogens with zero attached hydrogens (tertiary/aromatic N) is 3. The Kier molecular flexibility index (Phi) is 6.42. The van der Waals surface area contributed by atoms with E-state index in [1.165, 1.54) is 22.6 Å². The van der Waals surface area contributed by atoms with Crippen molar-refractivity contribution < 1.29 is 8.42 Å². The SMILES string of the molecule is CCCNc1cc(S(=O)(=O)N(CC)CCC#N)ccn1. The van der Waals surface area contributed by atoms with Gasteiger partial charge in [-0.05, 0) is 12.5 Å². The summed E-state index contributed by atoms with van der Waals surface area (Å²) in [5.41, 5.74) is 0. The van der Waals surface area contributed by atoms with Crippen molar-refractivity contribution >= 4 is 15.8 Å². The van der Waals surface area contributed by atoms with Crippen LogP contribution in [0.4, 0.5) is 5.82 Å². The molecule has 0 radical (unpaired) electrons. The number of pyridine rings is 1. The first-order valence-corrected chi connectivity index (χ1v) is 8.07. The van der Waals surface area contributed by atoms with Gasteiger partial charge >= 0.3 is 0 Å². The molecule has 0 bridgehead atoms. The van der Waals surface area contributed by atoms with Crippen molar-refractivity contribution in [3.05, 3.63) is 18.3 Å². The molecular weight excluding hydrogens is 276 g/mol. The zero-order valence-corrected chi connectivity index (χ0v) is 12.7. The van der Waals surface area contributed by atoms with Gasteiger partial charge in [-0.2, -0.15) is 9.57 Å². The fourth-order valence-corrected chi connectivity index (χ4v) is 3.16. The Morgan fingerprint density at radius 2 is 2.20 bits per heavy atom. The quantitative estimate of drug-likeness (QED) is 0.791. The Labute approximate surface area is 120 Å². The van der Waals surface area contributed by atoms with E-state index in [0.717, 1.165) is 13.0 Å². The van der Waals surface area contributed by atoms with E-state index in [1.54, 1.807) is 6.92 Å². The zero-order valence-electron chi connectivity index (χ0n) is 11.8. The highest BCUT2D eigenvalue weighted by Gasteiger charge is 2.23. The molecule has 0 atom stereocenters.